The second kappa shape index (κ2) is 9.83. The normalized spacial score (nSPS) is 13.5. The molecule has 0 saturated carbocycles. The minimum Gasteiger partial charge on any atom is -0.497 e. The minimum absolute atomic E-state index is 0.363. The third kappa shape index (κ3) is 4.27. The summed E-state index contributed by atoms with van der Waals surface area (Å²) in [6.45, 7) is 4.96. The van der Waals surface area contributed by atoms with Gasteiger partial charge in [0.25, 0.3) is 11.8 Å². The molecule has 34 heavy (non-hydrogen) atoms. The molecule has 0 aliphatic carbocycles. The van der Waals surface area contributed by atoms with E-state index in [2.05, 4.69) is 0 Å². The van der Waals surface area contributed by atoms with E-state index in [-0.39, 0.29) is 11.8 Å². The fourth-order valence-electron chi connectivity index (χ4n) is 4.18. The van der Waals surface area contributed by atoms with Crippen LogP contribution in [0.5, 0.6) is 11.5 Å². The summed E-state index contributed by atoms with van der Waals surface area (Å²) < 4.78 is 10.8. The van der Waals surface area contributed by atoms with Crippen molar-refractivity contribution in [1.29, 1.82) is 0 Å². The number of benzene rings is 3. The molecule has 1 aliphatic heterocycles. The maximum Gasteiger partial charge on any atom is 0.282 e. The van der Waals surface area contributed by atoms with Crippen LogP contribution in [0.4, 0.5) is 5.69 Å². The van der Waals surface area contributed by atoms with Crippen LogP contribution in [0, 0.1) is 6.92 Å². The molecule has 0 fully saturated rings. The second-order valence-corrected chi connectivity index (χ2v) is 8.07. The van der Waals surface area contributed by atoms with E-state index in [0.29, 0.717) is 47.1 Å². The Bertz CT molecular complexity index is 1230. The van der Waals surface area contributed by atoms with Crippen LogP contribution < -0.4 is 14.4 Å². The lowest BCUT2D eigenvalue weighted by Gasteiger charge is -2.25. The Morgan fingerprint density at radius 3 is 2.18 bits per heavy atom. The van der Waals surface area contributed by atoms with E-state index in [1.54, 1.807) is 31.4 Å². The monoisotopic (exact) mass is 456 g/mol. The van der Waals surface area contributed by atoms with Crippen molar-refractivity contribution in [2.75, 3.05) is 25.7 Å². The van der Waals surface area contributed by atoms with Gasteiger partial charge in [-0.3, -0.25) is 9.59 Å². The van der Waals surface area contributed by atoms with Gasteiger partial charge in [-0.1, -0.05) is 48.5 Å². The first kappa shape index (κ1) is 23.1. The van der Waals surface area contributed by atoms with Crippen molar-refractivity contribution >= 4 is 23.1 Å². The van der Waals surface area contributed by atoms with Gasteiger partial charge in [-0.2, -0.15) is 0 Å². The Hall–Kier alpha value is -4.06. The van der Waals surface area contributed by atoms with Crippen molar-refractivity contribution in [3.05, 3.63) is 95.2 Å². The van der Waals surface area contributed by atoms with Crippen LogP contribution in [-0.4, -0.2) is 37.5 Å². The first-order valence-corrected chi connectivity index (χ1v) is 11.2. The molecule has 0 unspecified atom stereocenters. The number of imide groups is 1. The smallest absolute Gasteiger partial charge is 0.282 e. The number of aryl methyl sites for hydroxylation is 1. The number of likely N-dealkylation sites (N-methyl/N-ethyl adjacent to an activating group) is 1. The Morgan fingerprint density at radius 1 is 0.853 bits per heavy atom. The van der Waals surface area contributed by atoms with Crippen LogP contribution in [0.1, 0.15) is 23.6 Å². The molecule has 0 bridgehead atoms. The van der Waals surface area contributed by atoms with Gasteiger partial charge in [0.1, 0.15) is 17.2 Å². The van der Waals surface area contributed by atoms with Crippen LogP contribution >= 0.6 is 0 Å². The van der Waals surface area contributed by atoms with E-state index in [1.165, 1.54) is 12.0 Å². The summed E-state index contributed by atoms with van der Waals surface area (Å²) in [7, 11) is 3.13. The van der Waals surface area contributed by atoms with Gasteiger partial charge in [0.15, 0.2) is 0 Å². The summed E-state index contributed by atoms with van der Waals surface area (Å²) in [6.07, 6.45) is 0. The topological polar surface area (TPSA) is 59.1 Å². The zero-order valence-electron chi connectivity index (χ0n) is 19.9. The average molecular weight is 457 g/mol. The van der Waals surface area contributed by atoms with Gasteiger partial charge in [-0.15, -0.1) is 0 Å². The van der Waals surface area contributed by atoms with Crippen molar-refractivity contribution < 1.29 is 19.1 Å². The molecule has 0 spiro atoms. The van der Waals surface area contributed by atoms with Crippen LogP contribution in [0.2, 0.25) is 0 Å². The number of hydrogen-bond acceptors (Lipinski definition) is 5. The van der Waals surface area contributed by atoms with Crippen molar-refractivity contribution in [3.63, 3.8) is 0 Å². The predicted molar refractivity (Wildman–Crippen MR) is 133 cm³/mol. The average Bonchev–Trinajstić information content (AvgIpc) is 3.12. The molecular formula is C28H28N2O4. The summed E-state index contributed by atoms with van der Waals surface area (Å²) in [5.41, 5.74) is 3.83. The highest BCUT2D eigenvalue weighted by atomic mass is 16.5. The van der Waals surface area contributed by atoms with Crippen LogP contribution in [0.25, 0.3) is 5.57 Å². The molecule has 0 aromatic heterocycles. The van der Waals surface area contributed by atoms with Gasteiger partial charge in [0, 0.05) is 13.1 Å². The number of carbonyl (C=O) groups excluding carboxylic acids is 2. The predicted octanol–water partition coefficient (Wildman–Crippen LogP) is 4.82. The number of amides is 2. The van der Waals surface area contributed by atoms with Gasteiger partial charge in [-0.05, 0) is 54.8 Å². The summed E-state index contributed by atoms with van der Waals surface area (Å²) in [5, 5.41) is 0. The highest BCUT2D eigenvalue weighted by Gasteiger charge is 2.43. The molecular weight excluding hydrogens is 428 g/mol. The quantitative estimate of drug-likeness (QED) is 0.455. The van der Waals surface area contributed by atoms with Crippen LogP contribution in [0.3, 0.4) is 0 Å². The second-order valence-electron chi connectivity index (χ2n) is 8.07. The third-order valence-electron chi connectivity index (χ3n) is 5.93. The molecule has 6 nitrogen and oxygen atoms in total. The first-order valence-electron chi connectivity index (χ1n) is 11.2. The van der Waals surface area contributed by atoms with E-state index in [4.69, 9.17) is 9.47 Å². The van der Waals surface area contributed by atoms with E-state index in [1.807, 2.05) is 67.3 Å². The van der Waals surface area contributed by atoms with Gasteiger partial charge in [-0.25, -0.2) is 4.90 Å². The summed E-state index contributed by atoms with van der Waals surface area (Å²) in [6, 6.07) is 22.6. The highest BCUT2D eigenvalue weighted by Crippen LogP contribution is 2.39. The molecule has 3 aromatic carbocycles. The van der Waals surface area contributed by atoms with Gasteiger partial charge < -0.3 is 14.4 Å². The van der Waals surface area contributed by atoms with E-state index < -0.39 is 0 Å². The lowest BCUT2D eigenvalue weighted by atomic mass is 10.0. The van der Waals surface area contributed by atoms with Gasteiger partial charge in [0.2, 0.25) is 0 Å². The molecule has 0 N–H and O–H groups in total. The number of nitrogens with zero attached hydrogens (tertiary/aromatic N) is 2. The molecule has 0 saturated heterocycles. The minimum atomic E-state index is -0.374. The third-order valence-corrected chi connectivity index (χ3v) is 5.93. The highest BCUT2D eigenvalue weighted by molar-refractivity contribution is 6.45. The lowest BCUT2D eigenvalue weighted by molar-refractivity contribution is -0.120. The van der Waals surface area contributed by atoms with Crippen molar-refractivity contribution in [2.45, 2.75) is 20.4 Å². The molecule has 1 aliphatic rings. The summed E-state index contributed by atoms with van der Waals surface area (Å²) in [4.78, 5) is 31.0. The zero-order valence-corrected chi connectivity index (χ0v) is 19.9. The van der Waals surface area contributed by atoms with Crippen molar-refractivity contribution in [3.8, 4) is 11.5 Å². The first-order chi connectivity index (χ1) is 16.5. The zero-order chi connectivity index (χ0) is 24.2. The Balaban J connectivity index is 1.86. The van der Waals surface area contributed by atoms with E-state index in [9.17, 15) is 9.59 Å². The van der Waals surface area contributed by atoms with Crippen molar-refractivity contribution in [2.24, 2.45) is 0 Å². The fraction of sp³-hybridized carbons (Fsp3) is 0.214. The van der Waals surface area contributed by atoms with Gasteiger partial charge >= 0.3 is 0 Å². The number of carbonyl (C=O) groups is 2. The Morgan fingerprint density at radius 2 is 1.56 bits per heavy atom. The number of anilines is 1. The molecule has 0 radical (unpaired) electrons. The van der Waals surface area contributed by atoms with Crippen molar-refractivity contribution in [1.82, 2.24) is 4.90 Å². The number of rotatable bonds is 8. The van der Waals surface area contributed by atoms with Crippen LogP contribution in [-0.2, 0) is 16.1 Å². The standard InChI is InChI=1S/C28H28N2O4/c1-5-29(18-20-9-7-6-8-10-20)26-25(21-12-14-22(33-3)15-13-21)27(31)30(28(26)32)23-17-19(2)11-16-24(23)34-4/h6-17H,5,18H2,1-4H3. The SMILES string of the molecule is CCN(Cc1ccccc1)C1=C(c2ccc(OC)cc2)C(=O)N(c2cc(C)ccc2OC)C1=O. The maximum absolute atomic E-state index is 13.9. The fourth-order valence-corrected chi connectivity index (χ4v) is 4.18. The molecule has 3 aromatic rings. The molecule has 0 atom stereocenters. The Kier molecular flexibility index (Phi) is 6.68. The lowest BCUT2D eigenvalue weighted by Crippen LogP contribution is -2.35. The molecule has 1 heterocycles. The molecule has 6 heteroatoms. The number of methoxy groups -OCH3 is 2. The molecule has 174 valence electrons. The summed E-state index contributed by atoms with van der Waals surface area (Å²) in [5.74, 6) is 0.406. The molecule has 2 amide bonds. The number of hydrogen-bond donors (Lipinski definition) is 0. The van der Waals surface area contributed by atoms with Gasteiger partial charge in [0.05, 0.1) is 25.5 Å². The van der Waals surface area contributed by atoms with E-state index in [0.717, 1.165) is 11.1 Å². The molecule has 4 rings (SSSR count). The maximum atomic E-state index is 13.9. The number of ether oxygens (including phenoxy) is 2. The largest absolute Gasteiger partial charge is 0.497 e. The Labute approximate surface area is 200 Å². The van der Waals surface area contributed by atoms with Crippen LogP contribution in [0.15, 0.2) is 78.5 Å². The summed E-state index contributed by atoms with van der Waals surface area (Å²) >= 11 is 0. The van der Waals surface area contributed by atoms with E-state index >= 15 is 0 Å².